The number of methoxy groups -OCH3 is 1. The Morgan fingerprint density at radius 2 is 1.90 bits per heavy atom. The molecule has 168 valence electrons. The van der Waals surface area contributed by atoms with Gasteiger partial charge in [0.25, 0.3) is 0 Å². The van der Waals surface area contributed by atoms with Gasteiger partial charge >= 0.3 is 6.18 Å². The molecule has 2 aromatic rings. The highest BCUT2D eigenvalue weighted by Crippen LogP contribution is 2.42. The first kappa shape index (κ1) is 21.8. The molecule has 1 unspecified atom stereocenters. The van der Waals surface area contributed by atoms with Gasteiger partial charge in [-0.1, -0.05) is 18.6 Å². The van der Waals surface area contributed by atoms with Crippen LogP contribution in [0.4, 0.5) is 29.2 Å². The molecule has 1 aliphatic carbocycles. The van der Waals surface area contributed by atoms with Crippen molar-refractivity contribution in [2.24, 2.45) is 5.41 Å². The number of alkyl halides is 3. The van der Waals surface area contributed by atoms with Gasteiger partial charge < -0.3 is 15.0 Å². The Morgan fingerprint density at radius 3 is 2.52 bits per heavy atom. The molecule has 31 heavy (non-hydrogen) atoms. The van der Waals surface area contributed by atoms with Crippen molar-refractivity contribution in [3.63, 3.8) is 0 Å². The number of nitrogens with zero attached hydrogens (tertiary/aromatic N) is 3. The van der Waals surface area contributed by atoms with Crippen LogP contribution >= 0.6 is 0 Å². The summed E-state index contributed by atoms with van der Waals surface area (Å²) in [5.74, 6) is -0.215. The Hall–Kier alpha value is -2.42. The van der Waals surface area contributed by atoms with Crippen LogP contribution in [0.1, 0.15) is 49.3 Å². The molecule has 4 rings (SSSR count). The summed E-state index contributed by atoms with van der Waals surface area (Å²) in [6.07, 6.45) is 1.64. The highest BCUT2D eigenvalue weighted by atomic mass is 19.4. The zero-order chi connectivity index (χ0) is 22.1. The second kappa shape index (κ2) is 8.61. The normalized spacial score (nSPS) is 20.5. The zero-order valence-electron chi connectivity index (χ0n) is 17.4. The molecule has 5 nitrogen and oxygen atoms in total. The predicted octanol–water partition coefficient (Wildman–Crippen LogP) is 5.20. The standard InChI is InChI=1S/C22H26F4N4O/c1-31-13-21(9-3-10-21)12-27-19-18(23)20(29-14-28-19)30-11-2-4-17(30)15-5-7-16(8-6-15)22(24,25)26/h5-8,14,17H,2-4,9-13H2,1H3,(H,27,28,29). The quantitative estimate of drug-likeness (QED) is 0.602. The molecule has 1 N–H and O–H groups in total. The van der Waals surface area contributed by atoms with Gasteiger partial charge in [-0.05, 0) is 43.4 Å². The van der Waals surface area contributed by atoms with E-state index >= 15 is 4.39 Å². The maximum atomic E-state index is 15.3. The van der Waals surface area contributed by atoms with E-state index in [0.29, 0.717) is 31.7 Å². The molecule has 2 aliphatic rings. The van der Waals surface area contributed by atoms with Gasteiger partial charge in [-0.25, -0.2) is 9.97 Å². The average Bonchev–Trinajstić information content (AvgIpc) is 3.20. The molecule has 9 heteroatoms. The van der Waals surface area contributed by atoms with Gasteiger partial charge in [0.05, 0.1) is 18.2 Å². The molecule has 0 amide bonds. The number of halogens is 4. The van der Waals surface area contributed by atoms with Crippen LogP contribution in [0.15, 0.2) is 30.6 Å². The van der Waals surface area contributed by atoms with Crippen LogP contribution in [0, 0.1) is 11.2 Å². The van der Waals surface area contributed by atoms with Crippen molar-refractivity contribution in [1.29, 1.82) is 0 Å². The smallest absolute Gasteiger partial charge is 0.384 e. The largest absolute Gasteiger partial charge is 0.416 e. The molecule has 1 atom stereocenters. The first-order valence-electron chi connectivity index (χ1n) is 10.5. The van der Waals surface area contributed by atoms with Gasteiger partial charge in [-0.3, -0.25) is 0 Å². The fourth-order valence-electron chi connectivity index (χ4n) is 4.57. The second-order valence-electron chi connectivity index (χ2n) is 8.47. The van der Waals surface area contributed by atoms with Crippen LogP contribution in [0.3, 0.4) is 0 Å². The lowest BCUT2D eigenvalue weighted by molar-refractivity contribution is -0.137. The Balaban J connectivity index is 1.52. The van der Waals surface area contributed by atoms with Crippen LogP contribution in [0.25, 0.3) is 0 Å². The van der Waals surface area contributed by atoms with Crippen LogP contribution in [-0.2, 0) is 10.9 Å². The van der Waals surface area contributed by atoms with E-state index in [2.05, 4.69) is 15.3 Å². The fraction of sp³-hybridized carbons (Fsp3) is 0.545. The van der Waals surface area contributed by atoms with Crippen molar-refractivity contribution in [2.45, 2.75) is 44.3 Å². The lowest BCUT2D eigenvalue weighted by Gasteiger charge is -2.41. The van der Waals surface area contributed by atoms with Gasteiger partial charge in [0.1, 0.15) is 6.33 Å². The third kappa shape index (κ3) is 4.46. The summed E-state index contributed by atoms with van der Waals surface area (Å²) in [5.41, 5.74) is 0.0240. The summed E-state index contributed by atoms with van der Waals surface area (Å²) < 4.78 is 59.3. The van der Waals surface area contributed by atoms with Gasteiger partial charge in [0, 0.05) is 25.6 Å². The van der Waals surface area contributed by atoms with E-state index in [1.807, 2.05) is 4.90 Å². The van der Waals surface area contributed by atoms with Crippen LogP contribution < -0.4 is 10.2 Å². The topological polar surface area (TPSA) is 50.3 Å². The van der Waals surface area contributed by atoms with Gasteiger partial charge in [-0.2, -0.15) is 17.6 Å². The Morgan fingerprint density at radius 1 is 1.16 bits per heavy atom. The number of rotatable bonds is 7. The highest BCUT2D eigenvalue weighted by molar-refractivity contribution is 5.53. The van der Waals surface area contributed by atoms with Crippen molar-refractivity contribution in [3.05, 3.63) is 47.5 Å². The predicted molar refractivity (Wildman–Crippen MR) is 109 cm³/mol. The summed E-state index contributed by atoms with van der Waals surface area (Å²) in [6, 6.07) is 4.85. The summed E-state index contributed by atoms with van der Waals surface area (Å²) in [4.78, 5) is 10.1. The Kier molecular flexibility index (Phi) is 6.05. The van der Waals surface area contributed by atoms with Crippen LogP contribution in [-0.4, -0.2) is 36.8 Å². The number of aromatic nitrogens is 2. The van der Waals surface area contributed by atoms with Crippen LogP contribution in [0.2, 0.25) is 0 Å². The third-order valence-electron chi connectivity index (χ3n) is 6.41. The van der Waals surface area contributed by atoms with E-state index in [0.717, 1.165) is 37.8 Å². The first-order chi connectivity index (χ1) is 14.8. The van der Waals surface area contributed by atoms with Crippen molar-refractivity contribution in [2.75, 3.05) is 37.0 Å². The average molecular weight is 438 g/mol. The minimum atomic E-state index is -4.38. The van der Waals surface area contributed by atoms with Crippen molar-refractivity contribution < 1.29 is 22.3 Å². The SMILES string of the molecule is COCC1(CNc2ncnc(N3CCCC3c3ccc(C(F)(F)F)cc3)c2F)CCC1. The van der Waals surface area contributed by atoms with E-state index in [1.165, 1.54) is 18.5 Å². The molecule has 1 aromatic heterocycles. The molecule has 0 spiro atoms. The van der Waals surface area contributed by atoms with Crippen molar-refractivity contribution in [1.82, 2.24) is 9.97 Å². The summed E-state index contributed by atoms with van der Waals surface area (Å²) in [7, 11) is 1.66. The first-order valence-corrected chi connectivity index (χ1v) is 10.5. The molecule has 1 saturated carbocycles. The summed E-state index contributed by atoms with van der Waals surface area (Å²) >= 11 is 0. The van der Waals surface area contributed by atoms with E-state index in [-0.39, 0.29) is 23.1 Å². The monoisotopic (exact) mass is 438 g/mol. The van der Waals surface area contributed by atoms with Crippen LogP contribution in [0.5, 0.6) is 0 Å². The lowest BCUT2D eigenvalue weighted by atomic mass is 9.69. The lowest BCUT2D eigenvalue weighted by Crippen LogP contribution is -2.40. The molecule has 0 bridgehead atoms. The van der Waals surface area contributed by atoms with Gasteiger partial charge in [-0.15, -0.1) is 0 Å². The minimum absolute atomic E-state index is 0.00269. The molecule has 2 fully saturated rings. The number of hydrogen-bond acceptors (Lipinski definition) is 5. The highest BCUT2D eigenvalue weighted by Gasteiger charge is 2.37. The third-order valence-corrected chi connectivity index (χ3v) is 6.41. The second-order valence-corrected chi connectivity index (χ2v) is 8.47. The molecule has 0 radical (unpaired) electrons. The number of nitrogens with one attached hydrogen (secondary N) is 1. The van der Waals surface area contributed by atoms with Gasteiger partial charge in [0.15, 0.2) is 11.6 Å². The van der Waals surface area contributed by atoms with Crippen molar-refractivity contribution >= 4 is 11.6 Å². The molecular formula is C22H26F4N4O. The Bertz CT molecular complexity index is 899. The van der Waals surface area contributed by atoms with Crippen molar-refractivity contribution in [3.8, 4) is 0 Å². The maximum Gasteiger partial charge on any atom is 0.416 e. The molecule has 1 saturated heterocycles. The number of ether oxygens (including phenoxy) is 1. The fourth-order valence-corrected chi connectivity index (χ4v) is 4.57. The van der Waals surface area contributed by atoms with E-state index in [1.54, 1.807) is 7.11 Å². The molecule has 1 aromatic carbocycles. The maximum absolute atomic E-state index is 15.3. The zero-order valence-corrected chi connectivity index (χ0v) is 17.4. The van der Waals surface area contributed by atoms with E-state index in [4.69, 9.17) is 4.74 Å². The van der Waals surface area contributed by atoms with E-state index < -0.39 is 17.6 Å². The van der Waals surface area contributed by atoms with E-state index in [9.17, 15) is 13.2 Å². The van der Waals surface area contributed by atoms with Gasteiger partial charge in [0.2, 0.25) is 5.82 Å². The minimum Gasteiger partial charge on any atom is -0.384 e. The number of hydrogen-bond donors (Lipinski definition) is 1. The summed E-state index contributed by atoms with van der Waals surface area (Å²) in [5, 5.41) is 3.13. The Labute approximate surface area is 178 Å². The number of benzene rings is 1. The number of anilines is 2. The molecular weight excluding hydrogens is 412 g/mol. The molecule has 2 heterocycles. The molecule has 1 aliphatic heterocycles. The summed E-state index contributed by atoms with van der Waals surface area (Å²) in [6.45, 7) is 1.75.